The summed E-state index contributed by atoms with van der Waals surface area (Å²) in [5, 5.41) is 9.61. The summed E-state index contributed by atoms with van der Waals surface area (Å²) in [7, 11) is 0. The standard InChI is InChI=1S/C12H19NO2S2/c1-4-5-9(14)6-11(15)13-10(8(2)3)7-17-12(13)16/h4-5,8-10,14H,6-7H2,1-3H3/b5-4+/t9-,10+/m0/s1. The number of aliphatic hydroxyl groups excluding tert-OH is 1. The maximum Gasteiger partial charge on any atom is 0.231 e. The second-order valence-electron chi connectivity index (χ2n) is 4.45. The van der Waals surface area contributed by atoms with Crippen molar-refractivity contribution in [1.29, 1.82) is 0 Å². The van der Waals surface area contributed by atoms with Gasteiger partial charge in [0.15, 0.2) is 0 Å². The van der Waals surface area contributed by atoms with Gasteiger partial charge in [-0.3, -0.25) is 9.69 Å². The smallest absolute Gasteiger partial charge is 0.231 e. The molecule has 0 bridgehead atoms. The maximum atomic E-state index is 12.1. The Balaban J connectivity index is 2.69. The van der Waals surface area contributed by atoms with Gasteiger partial charge in [0.1, 0.15) is 4.32 Å². The van der Waals surface area contributed by atoms with Crippen molar-refractivity contribution in [3.05, 3.63) is 12.2 Å². The van der Waals surface area contributed by atoms with Crippen LogP contribution < -0.4 is 0 Å². The summed E-state index contributed by atoms with van der Waals surface area (Å²) in [4.78, 5) is 13.8. The van der Waals surface area contributed by atoms with Crippen LogP contribution >= 0.6 is 24.0 Å². The summed E-state index contributed by atoms with van der Waals surface area (Å²) in [5.41, 5.74) is 0. The normalized spacial score (nSPS) is 22.8. The average molecular weight is 273 g/mol. The molecule has 3 nitrogen and oxygen atoms in total. The molecule has 1 amide bonds. The van der Waals surface area contributed by atoms with E-state index in [0.29, 0.717) is 10.2 Å². The summed E-state index contributed by atoms with van der Waals surface area (Å²) in [5.74, 6) is 1.16. The van der Waals surface area contributed by atoms with Crippen LogP contribution in [-0.2, 0) is 4.79 Å². The zero-order chi connectivity index (χ0) is 13.0. The van der Waals surface area contributed by atoms with Crippen molar-refractivity contribution in [2.45, 2.75) is 39.3 Å². The highest BCUT2D eigenvalue weighted by molar-refractivity contribution is 8.23. The number of nitrogens with zero attached hydrogens (tertiary/aromatic N) is 1. The van der Waals surface area contributed by atoms with Crippen molar-refractivity contribution in [1.82, 2.24) is 4.90 Å². The van der Waals surface area contributed by atoms with Crippen LogP contribution in [-0.4, -0.2) is 38.1 Å². The quantitative estimate of drug-likeness (QED) is 0.630. The van der Waals surface area contributed by atoms with Crippen LogP contribution in [0, 0.1) is 5.92 Å². The van der Waals surface area contributed by atoms with E-state index in [1.165, 1.54) is 0 Å². The number of carbonyl (C=O) groups is 1. The van der Waals surface area contributed by atoms with Crippen molar-refractivity contribution in [2.24, 2.45) is 5.92 Å². The van der Waals surface area contributed by atoms with Gasteiger partial charge in [0.25, 0.3) is 0 Å². The molecule has 1 rings (SSSR count). The fraction of sp³-hybridized carbons (Fsp3) is 0.667. The Bertz CT molecular complexity index is 328. The Morgan fingerprint density at radius 1 is 1.71 bits per heavy atom. The van der Waals surface area contributed by atoms with Gasteiger partial charge >= 0.3 is 0 Å². The highest BCUT2D eigenvalue weighted by Crippen LogP contribution is 2.29. The molecule has 1 heterocycles. The molecule has 0 spiro atoms. The van der Waals surface area contributed by atoms with Gasteiger partial charge in [-0.2, -0.15) is 0 Å². The van der Waals surface area contributed by atoms with Gasteiger partial charge in [-0.05, 0) is 12.8 Å². The number of thiocarbonyl (C=S) groups is 1. The molecule has 1 N–H and O–H groups in total. The zero-order valence-electron chi connectivity index (χ0n) is 10.4. The van der Waals surface area contributed by atoms with E-state index in [1.807, 2.05) is 6.92 Å². The number of aliphatic hydroxyl groups is 1. The Morgan fingerprint density at radius 3 is 2.88 bits per heavy atom. The van der Waals surface area contributed by atoms with Gasteiger partial charge in [0.2, 0.25) is 5.91 Å². The van der Waals surface area contributed by atoms with E-state index in [2.05, 4.69) is 13.8 Å². The Morgan fingerprint density at radius 2 is 2.35 bits per heavy atom. The lowest BCUT2D eigenvalue weighted by Crippen LogP contribution is -2.42. The molecule has 0 unspecified atom stereocenters. The minimum atomic E-state index is -0.714. The van der Waals surface area contributed by atoms with Crippen LogP contribution in [0.15, 0.2) is 12.2 Å². The Kier molecular flexibility index (Phi) is 5.62. The third-order valence-electron chi connectivity index (χ3n) is 2.74. The van der Waals surface area contributed by atoms with Gasteiger partial charge in [-0.25, -0.2) is 0 Å². The fourth-order valence-electron chi connectivity index (χ4n) is 1.78. The van der Waals surface area contributed by atoms with Crippen LogP contribution in [0.25, 0.3) is 0 Å². The van der Waals surface area contributed by atoms with Crippen LogP contribution in [0.3, 0.4) is 0 Å². The second-order valence-corrected chi connectivity index (χ2v) is 6.10. The van der Waals surface area contributed by atoms with E-state index >= 15 is 0 Å². The summed E-state index contributed by atoms with van der Waals surface area (Å²) < 4.78 is 0.640. The first-order valence-corrected chi connectivity index (χ1v) is 7.16. The molecule has 0 aromatic rings. The van der Waals surface area contributed by atoms with E-state index in [-0.39, 0.29) is 18.4 Å². The second kappa shape index (κ2) is 6.52. The summed E-state index contributed by atoms with van der Waals surface area (Å²) in [6, 6.07) is 0.165. The van der Waals surface area contributed by atoms with E-state index in [0.717, 1.165) is 5.75 Å². The first kappa shape index (κ1) is 14.7. The molecule has 1 aliphatic heterocycles. The minimum absolute atomic E-state index is 0.0794. The number of carbonyl (C=O) groups excluding carboxylic acids is 1. The van der Waals surface area contributed by atoms with Gasteiger partial charge in [-0.1, -0.05) is 50.0 Å². The van der Waals surface area contributed by atoms with Gasteiger partial charge in [0.05, 0.1) is 12.5 Å². The van der Waals surface area contributed by atoms with E-state index in [4.69, 9.17) is 12.2 Å². The molecule has 0 aromatic carbocycles. The third kappa shape index (κ3) is 3.79. The van der Waals surface area contributed by atoms with Gasteiger partial charge in [0, 0.05) is 11.8 Å². The molecule has 0 aromatic heterocycles. The molecular formula is C12H19NO2S2. The number of hydrogen-bond donors (Lipinski definition) is 1. The maximum absolute atomic E-state index is 12.1. The number of amides is 1. The van der Waals surface area contributed by atoms with Crippen LogP contribution in [0.1, 0.15) is 27.2 Å². The lowest BCUT2D eigenvalue weighted by molar-refractivity contribution is -0.130. The first-order valence-electron chi connectivity index (χ1n) is 5.77. The summed E-state index contributed by atoms with van der Waals surface area (Å²) >= 11 is 6.75. The van der Waals surface area contributed by atoms with Crippen molar-refractivity contribution in [3.63, 3.8) is 0 Å². The van der Waals surface area contributed by atoms with E-state index in [9.17, 15) is 9.90 Å². The lowest BCUT2D eigenvalue weighted by atomic mass is 10.0. The summed E-state index contributed by atoms with van der Waals surface area (Å²) in [6.07, 6.45) is 2.76. The number of allylic oxidation sites excluding steroid dienone is 1. The van der Waals surface area contributed by atoms with Crippen molar-refractivity contribution < 1.29 is 9.90 Å². The summed E-state index contributed by atoms with van der Waals surface area (Å²) in [6.45, 7) is 5.99. The van der Waals surface area contributed by atoms with E-state index in [1.54, 1.807) is 28.8 Å². The number of hydrogen-bond acceptors (Lipinski definition) is 4. The highest BCUT2D eigenvalue weighted by atomic mass is 32.2. The molecule has 0 aliphatic carbocycles. The molecule has 2 atom stereocenters. The highest BCUT2D eigenvalue weighted by Gasteiger charge is 2.35. The molecular weight excluding hydrogens is 254 g/mol. The lowest BCUT2D eigenvalue weighted by Gasteiger charge is -2.26. The van der Waals surface area contributed by atoms with Gasteiger partial charge < -0.3 is 5.11 Å². The molecule has 96 valence electrons. The van der Waals surface area contributed by atoms with Crippen molar-refractivity contribution >= 4 is 34.2 Å². The molecule has 5 heteroatoms. The number of thioether (sulfide) groups is 1. The van der Waals surface area contributed by atoms with Gasteiger partial charge in [-0.15, -0.1) is 0 Å². The topological polar surface area (TPSA) is 40.5 Å². The van der Waals surface area contributed by atoms with Crippen LogP contribution in [0.5, 0.6) is 0 Å². The zero-order valence-corrected chi connectivity index (χ0v) is 12.1. The molecule has 0 radical (unpaired) electrons. The van der Waals surface area contributed by atoms with E-state index < -0.39 is 6.10 Å². The molecule has 1 aliphatic rings. The molecule has 1 saturated heterocycles. The number of rotatable bonds is 4. The monoisotopic (exact) mass is 273 g/mol. The molecule has 17 heavy (non-hydrogen) atoms. The predicted octanol–water partition coefficient (Wildman–Crippen LogP) is 2.20. The molecule has 1 fully saturated rings. The fourth-order valence-corrected chi connectivity index (χ4v) is 3.45. The SMILES string of the molecule is C/C=C/[C@H](O)CC(=O)N1C(=S)SC[C@@H]1C(C)C. The van der Waals surface area contributed by atoms with Crippen molar-refractivity contribution in [2.75, 3.05) is 5.75 Å². The Hall–Kier alpha value is -0.390. The first-order chi connectivity index (χ1) is 7.97. The Labute approximate surface area is 112 Å². The minimum Gasteiger partial charge on any atom is -0.389 e. The molecule has 0 saturated carbocycles. The predicted molar refractivity (Wildman–Crippen MR) is 76.0 cm³/mol. The third-order valence-corrected chi connectivity index (χ3v) is 4.24. The van der Waals surface area contributed by atoms with Crippen molar-refractivity contribution in [3.8, 4) is 0 Å². The van der Waals surface area contributed by atoms with Crippen LogP contribution in [0.2, 0.25) is 0 Å². The largest absolute Gasteiger partial charge is 0.389 e. The van der Waals surface area contributed by atoms with Crippen LogP contribution in [0.4, 0.5) is 0 Å². The average Bonchev–Trinajstić information content (AvgIpc) is 2.60.